The molecular formula is C70H65N6O13P3S2. The molecule has 1 aliphatic heterocycles. The first-order valence-corrected chi connectivity index (χ1v) is 37.3. The highest BCUT2D eigenvalue weighted by atomic mass is 32.2. The molecule has 9 aromatic rings. The molecule has 0 amide bonds. The Kier molecular flexibility index (Phi) is 21.1. The van der Waals surface area contributed by atoms with E-state index in [4.69, 9.17) is 19.7 Å². The van der Waals surface area contributed by atoms with Gasteiger partial charge in [0.15, 0.2) is 0 Å². The molecule has 10 rings (SSSR count). The number of hydrogen-bond acceptors (Lipinski definition) is 14. The molecule has 0 radical (unpaired) electrons. The quantitative estimate of drug-likeness (QED) is 0.0393. The van der Waals surface area contributed by atoms with E-state index in [1.807, 2.05) is 69.3 Å². The highest BCUT2D eigenvalue weighted by Crippen LogP contribution is 2.40. The van der Waals surface area contributed by atoms with E-state index in [0.717, 1.165) is 70.8 Å². The van der Waals surface area contributed by atoms with Gasteiger partial charge in [0.25, 0.3) is 42.3 Å². The second-order valence-corrected chi connectivity index (χ2v) is 31.9. The van der Waals surface area contributed by atoms with Crippen LogP contribution in [0.3, 0.4) is 0 Å². The van der Waals surface area contributed by atoms with Crippen LogP contribution in [0.4, 0.5) is 0 Å². The number of ether oxygens (including phenoxy) is 1. The number of aromatic nitrogens is 3. The second kappa shape index (κ2) is 29.0. The Labute approximate surface area is 547 Å². The monoisotopic (exact) mass is 1350 g/mol. The molecular weight excluding hydrogens is 1290 g/mol. The maximum Gasteiger partial charge on any atom is 0.294 e. The third-order valence-electron chi connectivity index (χ3n) is 15.5. The molecule has 94 heavy (non-hydrogen) atoms. The van der Waals surface area contributed by atoms with Crippen LogP contribution in [0.2, 0.25) is 0 Å². The van der Waals surface area contributed by atoms with Crippen molar-refractivity contribution in [2.24, 2.45) is 0 Å². The highest BCUT2D eigenvalue weighted by molar-refractivity contribution is 7.86. The summed E-state index contributed by atoms with van der Waals surface area (Å²) >= 11 is 0. The summed E-state index contributed by atoms with van der Waals surface area (Å²) in [6.07, 6.45) is 0. The number of rotatable bonds is 15. The van der Waals surface area contributed by atoms with Gasteiger partial charge < -0.3 is 19.4 Å². The van der Waals surface area contributed by atoms with Crippen LogP contribution >= 0.6 is 22.1 Å². The van der Waals surface area contributed by atoms with Gasteiger partial charge >= 0.3 is 0 Å². The van der Waals surface area contributed by atoms with Gasteiger partial charge in [-0.1, -0.05) is 88.6 Å². The van der Waals surface area contributed by atoms with Crippen molar-refractivity contribution >= 4 is 74.6 Å². The van der Waals surface area contributed by atoms with Crippen molar-refractivity contribution in [3.05, 3.63) is 249 Å². The van der Waals surface area contributed by atoms with Gasteiger partial charge in [0.2, 0.25) is 0 Å². The summed E-state index contributed by atoms with van der Waals surface area (Å²) in [5.41, 5.74) is 6.87. The zero-order valence-electron chi connectivity index (χ0n) is 51.5. The van der Waals surface area contributed by atoms with E-state index in [1.54, 1.807) is 79.9 Å². The van der Waals surface area contributed by atoms with Crippen LogP contribution in [0.25, 0.3) is 0 Å². The number of aryl methyl sites for hydroxylation is 3. The number of hydrogen-bond donors (Lipinski definition) is 5. The molecule has 3 unspecified atom stereocenters. The smallest absolute Gasteiger partial charge is 0.294 e. The molecule has 3 aromatic heterocycles. The minimum atomic E-state index is -4.63. The molecule has 4 heterocycles. The Morgan fingerprint density at radius 2 is 0.628 bits per heavy atom. The van der Waals surface area contributed by atoms with Crippen LogP contribution in [0.1, 0.15) is 67.2 Å². The van der Waals surface area contributed by atoms with Crippen molar-refractivity contribution < 1.29 is 59.1 Å². The predicted octanol–water partition coefficient (Wildman–Crippen LogP) is 6.98. The summed E-state index contributed by atoms with van der Waals surface area (Å²) in [5, 5.41) is -0.0980. The van der Waals surface area contributed by atoms with Gasteiger partial charge in [0.05, 0.1) is 34.0 Å². The van der Waals surface area contributed by atoms with Crippen molar-refractivity contribution in [1.82, 2.24) is 29.7 Å². The van der Waals surface area contributed by atoms with Crippen LogP contribution in [0.5, 0.6) is 5.75 Å². The Balaban J connectivity index is 1.05. The standard InChI is InChI=1S/C70H65N6O13P3S2/c1-50-5-11-53(12-6-50)15-18-56-41-59(71-68(44-56)90(77,78)63-25-9-52(3)10-26-63)47-74-35-37-75(48-60-42-57(19-16-54-13-7-51(2)8-14-54)45-69(72-60)91(79,80)64-27-31-66(32-28-64)93(83,84)85)39-40-76(38-36-74)49-61-43-58(20-17-55-21-23-62(89-4)24-22-55)46-70(73-61)92(81,82)65-29-33-67(34-30-65)94(86,87)88/h5-14,21-34,41-46H,35-40,47-49H2,1-4H3,(H,77,78)(H,79,80)(H,81,82)(H,83,84,85)(H,86,87,88). The summed E-state index contributed by atoms with van der Waals surface area (Å²) in [6.45, 7) is 8.43. The molecule has 3 atom stereocenters. The molecule has 5 N–H and O–H groups in total. The third-order valence-corrected chi connectivity index (χ3v) is 22.8. The maximum absolute atomic E-state index is 14.7. The highest BCUT2D eigenvalue weighted by Gasteiger charge is 2.32. The van der Waals surface area contributed by atoms with Gasteiger partial charge in [-0.3, -0.25) is 37.5 Å². The topological polar surface area (TPSA) is 278 Å². The van der Waals surface area contributed by atoms with Crippen LogP contribution in [-0.2, 0) is 53.6 Å². The summed E-state index contributed by atoms with van der Waals surface area (Å²) < 4.78 is 117. The van der Waals surface area contributed by atoms with Crippen LogP contribution in [0.15, 0.2) is 192 Å². The van der Waals surface area contributed by atoms with Crippen molar-refractivity contribution in [3.8, 4) is 41.3 Å². The fourth-order valence-electron chi connectivity index (χ4n) is 10.2. The normalized spacial score (nSPS) is 15.3. The Bertz CT molecular complexity index is 4900. The minimum absolute atomic E-state index is 0.0512. The number of nitrogens with zero attached hydrogens (tertiary/aromatic N) is 6. The molecule has 6 aromatic carbocycles. The molecule has 0 bridgehead atoms. The largest absolute Gasteiger partial charge is 0.497 e. The first-order chi connectivity index (χ1) is 44.7. The molecule has 0 saturated carbocycles. The Hall–Kier alpha value is -8.48. The molecule has 1 saturated heterocycles. The van der Waals surface area contributed by atoms with Gasteiger partial charge in [-0.25, -0.2) is 15.0 Å². The molecule has 0 spiro atoms. The average molecular weight is 1360 g/mol. The number of pyridine rings is 3. The van der Waals surface area contributed by atoms with Gasteiger partial charge in [-0.05, 0) is 166 Å². The Morgan fingerprint density at radius 3 is 0.894 bits per heavy atom. The van der Waals surface area contributed by atoms with E-state index >= 15 is 0 Å². The average Bonchev–Trinajstić information content (AvgIpc) is 0.809. The van der Waals surface area contributed by atoms with Crippen molar-refractivity contribution in [1.29, 1.82) is 0 Å². The third kappa shape index (κ3) is 17.6. The van der Waals surface area contributed by atoms with E-state index in [1.165, 1.54) is 12.1 Å². The van der Waals surface area contributed by atoms with Gasteiger partial charge in [0.1, 0.15) is 22.1 Å². The minimum Gasteiger partial charge on any atom is -0.497 e. The summed E-state index contributed by atoms with van der Waals surface area (Å²) in [7, 11) is -21.2. The van der Waals surface area contributed by atoms with Crippen molar-refractivity contribution in [2.45, 2.75) is 50.2 Å². The molecule has 1 fully saturated rings. The fourth-order valence-corrected chi connectivity index (χ4v) is 15.3. The molecule has 480 valence electrons. The zero-order chi connectivity index (χ0) is 67.0. The van der Waals surface area contributed by atoms with E-state index in [-0.39, 0.29) is 51.9 Å². The lowest BCUT2D eigenvalue weighted by atomic mass is 10.1. The van der Waals surface area contributed by atoms with Crippen molar-refractivity contribution in [2.75, 3.05) is 46.4 Å². The number of methoxy groups -OCH3 is 1. The van der Waals surface area contributed by atoms with E-state index in [0.29, 0.717) is 89.9 Å². The second-order valence-electron chi connectivity index (χ2n) is 22.7. The van der Waals surface area contributed by atoms with Gasteiger partial charge in [-0.2, -0.15) is 16.8 Å². The van der Waals surface area contributed by atoms with Crippen LogP contribution < -0.4 is 37.0 Å². The maximum atomic E-state index is 14.7. The molecule has 24 heteroatoms. The Morgan fingerprint density at radius 1 is 0.383 bits per heavy atom. The lowest BCUT2D eigenvalue weighted by molar-refractivity contribution is 0.207. The van der Waals surface area contributed by atoms with E-state index in [2.05, 4.69) is 50.2 Å². The fraction of sp³-hybridized carbons (Fsp3) is 0.186. The van der Waals surface area contributed by atoms with Gasteiger partial charge in [-0.15, -0.1) is 0 Å². The first-order valence-electron chi connectivity index (χ1n) is 29.4. The lowest BCUT2D eigenvalue weighted by Crippen LogP contribution is -2.36. The number of benzene rings is 6. The molecule has 0 aliphatic carbocycles. The van der Waals surface area contributed by atoms with Gasteiger partial charge in [0, 0.05) is 108 Å². The predicted molar refractivity (Wildman–Crippen MR) is 363 cm³/mol. The summed E-state index contributed by atoms with van der Waals surface area (Å²) in [4.78, 5) is 55.7. The molecule has 1 aliphatic rings. The molecule has 19 nitrogen and oxygen atoms in total. The van der Waals surface area contributed by atoms with Crippen LogP contribution in [0, 0.1) is 56.3 Å². The summed E-state index contributed by atoms with van der Waals surface area (Å²) in [5.74, 6) is 19.6. The van der Waals surface area contributed by atoms with E-state index in [9.17, 15) is 54.3 Å². The van der Waals surface area contributed by atoms with Crippen molar-refractivity contribution in [3.63, 3.8) is 0 Å². The van der Waals surface area contributed by atoms with E-state index < -0.39 is 52.1 Å². The SMILES string of the molecule is COc1ccc(C#Cc2cc(CN3CCN(Cc4cc(C#Cc5ccc(C)cc5)cc(P(=O)(O)c5ccc(C)cc5)n4)CCN(Cc4cc(C#Cc5ccc(C)cc5)cc(P(=O)(O)c5ccc(S(=O)(=O)O)cc5)n4)CC3)nc(P(=O)(O)c3ccc(S(=O)(=O)O)cc3)c2)cc1. The van der Waals surface area contributed by atoms with Crippen LogP contribution in [-0.4, -0.2) is 117 Å². The zero-order valence-corrected chi connectivity index (χ0v) is 55.8. The summed E-state index contributed by atoms with van der Waals surface area (Å²) in [6, 6.07) is 47.4. The first kappa shape index (κ1) is 68.4. The lowest BCUT2D eigenvalue weighted by Gasteiger charge is -2.26.